The molecular weight excluding hydrogens is 456 g/mol. The number of aryl methyl sites for hydroxylation is 1. The maximum absolute atomic E-state index is 6.18. The van der Waals surface area contributed by atoms with E-state index < -0.39 is 23.3 Å². The summed E-state index contributed by atoms with van der Waals surface area (Å²) in [6.45, 7) is 2.09. The van der Waals surface area contributed by atoms with Gasteiger partial charge in [0.15, 0.2) is 0 Å². The van der Waals surface area contributed by atoms with E-state index in [1.807, 2.05) is 20.3 Å². The minimum atomic E-state index is -1.45. The molecule has 0 unspecified atom stereocenters. The quantitative estimate of drug-likeness (QED) is 0.489. The zero-order valence-corrected chi connectivity index (χ0v) is 18.4. The Hall–Kier alpha value is -0.865. The van der Waals surface area contributed by atoms with Gasteiger partial charge in [-0.3, -0.25) is 0 Å². The Labute approximate surface area is 136 Å². The molecule has 0 amide bonds. The van der Waals surface area contributed by atoms with Crippen molar-refractivity contribution in [2.24, 2.45) is 4.99 Å². The minimum absolute atomic E-state index is 1.03. The van der Waals surface area contributed by atoms with Crippen molar-refractivity contribution in [1.82, 2.24) is 0 Å². The molecule has 20 heavy (non-hydrogen) atoms. The van der Waals surface area contributed by atoms with Crippen LogP contribution in [0.3, 0.4) is 0 Å². The third kappa shape index (κ3) is 4.06. The number of hydrogen-bond donors (Lipinski definition) is 0. The molecule has 2 aromatic carbocycles. The standard InChI is InChI=1S/C16H17N2.ClH.Hg/c1-13-4-8-15(9-5-13)17-12-14-6-10-16(11-7-14)18(2)3;;/h4-8,10-12H,1-3H3;1H;/q;;+1/p-1. The van der Waals surface area contributed by atoms with Crippen molar-refractivity contribution in [3.63, 3.8) is 0 Å². The van der Waals surface area contributed by atoms with Gasteiger partial charge in [-0.2, -0.15) is 0 Å². The Kier molecular flexibility index (Phi) is 5.61. The van der Waals surface area contributed by atoms with Crippen molar-refractivity contribution in [2.45, 2.75) is 6.92 Å². The fourth-order valence-corrected chi connectivity index (χ4v) is 6.73. The van der Waals surface area contributed by atoms with E-state index in [0.717, 1.165) is 11.3 Å². The van der Waals surface area contributed by atoms with E-state index in [-0.39, 0.29) is 0 Å². The summed E-state index contributed by atoms with van der Waals surface area (Å²) in [4.78, 5) is 6.68. The molecule has 0 atom stereocenters. The Morgan fingerprint density at radius 3 is 2.40 bits per heavy atom. The van der Waals surface area contributed by atoms with Crippen LogP contribution in [0.15, 0.2) is 47.5 Å². The van der Waals surface area contributed by atoms with E-state index in [0.29, 0.717) is 0 Å². The molecule has 0 saturated carbocycles. The first-order chi connectivity index (χ1) is 9.60. The molecule has 0 fully saturated rings. The monoisotopic (exact) mass is 474 g/mol. The van der Waals surface area contributed by atoms with Crippen molar-refractivity contribution >= 4 is 28.9 Å². The molecule has 100 valence electrons. The Balaban J connectivity index is 2.20. The number of halogens is 1. The van der Waals surface area contributed by atoms with E-state index in [1.165, 1.54) is 14.3 Å². The first kappa shape index (κ1) is 15.5. The number of hydrogen-bond acceptors (Lipinski definition) is 2. The molecule has 0 saturated heterocycles. The topological polar surface area (TPSA) is 15.6 Å². The number of benzene rings is 2. The molecule has 0 aromatic heterocycles. The van der Waals surface area contributed by atoms with Crippen LogP contribution >= 0.6 is 8.25 Å². The van der Waals surface area contributed by atoms with Gasteiger partial charge >= 0.3 is 137 Å². The van der Waals surface area contributed by atoms with Crippen LogP contribution in [0.4, 0.5) is 11.4 Å². The summed E-state index contributed by atoms with van der Waals surface area (Å²) in [5, 5.41) is 0. The van der Waals surface area contributed by atoms with Crippen molar-refractivity contribution in [2.75, 3.05) is 19.0 Å². The van der Waals surface area contributed by atoms with Crippen molar-refractivity contribution in [3.05, 3.63) is 53.6 Å². The molecule has 2 rings (SSSR count). The third-order valence-corrected chi connectivity index (χ3v) is 8.99. The van der Waals surface area contributed by atoms with Crippen LogP contribution in [0, 0.1) is 6.92 Å². The normalized spacial score (nSPS) is 10.6. The van der Waals surface area contributed by atoms with Gasteiger partial charge in [0.05, 0.1) is 0 Å². The number of aliphatic imine (C=N–C) groups is 1. The summed E-state index contributed by atoms with van der Waals surface area (Å²) in [6.07, 6.45) is 1.91. The van der Waals surface area contributed by atoms with Crippen LogP contribution in [0.5, 0.6) is 0 Å². The van der Waals surface area contributed by atoms with Crippen molar-refractivity contribution < 1.29 is 23.3 Å². The number of rotatable bonds is 4. The molecule has 0 bridgehead atoms. The molecule has 2 nitrogen and oxygen atoms in total. The van der Waals surface area contributed by atoms with Gasteiger partial charge in [0, 0.05) is 0 Å². The zero-order chi connectivity index (χ0) is 14.5. The predicted molar refractivity (Wildman–Crippen MR) is 84.7 cm³/mol. The second kappa shape index (κ2) is 7.23. The van der Waals surface area contributed by atoms with Gasteiger partial charge in [-0.1, -0.05) is 0 Å². The van der Waals surface area contributed by atoms with Crippen LogP contribution in [-0.2, 0) is 23.3 Å². The fraction of sp³-hybridized carbons (Fsp3) is 0.188. The summed E-state index contributed by atoms with van der Waals surface area (Å²) >= 11 is -1.45. The molecule has 4 heteroatoms. The van der Waals surface area contributed by atoms with E-state index in [1.54, 1.807) is 0 Å². The van der Waals surface area contributed by atoms with E-state index >= 15 is 0 Å². The summed E-state index contributed by atoms with van der Waals surface area (Å²) in [6, 6.07) is 14.7. The fourth-order valence-electron chi connectivity index (χ4n) is 1.95. The third-order valence-electron chi connectivity index (χ3n) is 3.14. The molecular formula is C16H17ClHgN2. The Morgan fingerprint density at radius 1 is 1.10 bits per heavy atom. The average Bonchev–Trinajstić information content (AvgIpc) is 2.46. The summed E-state index contributed by atoms with van der Waals surface area (Å²) < 4.78 is 1.29. The van der Waals surface area contributed by atoms with E-state index in [2.05, 4.69) is 59.3 Å². The molecule has 0 radical (unpaired) electrons. The second-order valence-electron chi connectivity index (χ2n) is 5.01. The number of nitrogens with zero attached hydrogens (tertiary/aromatic N) is 2. The van der Waals surface area contributed by atoms with Crippen molar-refractivity contribution in [3.8, 4) is 0 Å². The average molecular weight is 473 g/mol. The van der Waals surface area contributed by atoms with E-state index in [4.69, 9.17) is 8.25 Å². The van der Waals surface area contributed by atoms with Gasteiger partial charge in [-0.25, -0.2) is 0 Å². The van der Waals surface area contributed by atoms with Crippen LogP contribution in [-0.4, -0.2) is 20.3 Å². The van der Waals surface area contributed by atoms with Gasteiger partial charge in [-0.05, 0) is 0 Å². The van der Waals surface area contributed by atoms with Crippen LogP contribution < -0.4 is 7.97 Å². The molecule has 2 aromatic rings. The zero-order valence-electron chi connectivity index (χ0n) is 12.1. The van der Waals surface area contributed by atoms with Gasteiger partial charge in [0.25, 0.3) is 0 Å². The van der Waals surface area contributed by atoms with Crippen LogP contribution in [0.1, 0.15) is 11.1 Å². The Bertz CT molecular complexity index is 606. The number of anilines is 1. The predicted octanol–water partition coefficient (Wildman–Crippen LogP) is 3.67. The summed E-state index contributed by atoms with van der Waals surface area (Å²) in [7, 11) is 10.3. The molecule has 0 N–H and O–H groups in total. The summed E-state index contributed by atoms with van der Waals surface area (Å²) in [5.74, 6) is 0. The molecule has 0 aliphatic rings. The molecule has 0 aliphatic heterocycles. The first-order valence-electron chi connectivity index (χ1n) is 6.57. The van der Waals surface area contributed by atoms with E-state index in [9.17, 15) is 0 Å². The molecule has 0 aliphatic carbocycles. The van der Waals surface area contributed by atoms with Crippen LogP contribution in [0.25, 0.3) is 0 Å². The van der Waals surface area contributed by atoms with Gasteiger partial charge in [0.1, 0.15) is 0 Å². The molecule has 0 heterocycles. The van der Waals surface area contributed by atoms with Gasteiger partial charge < -0.3 is 0 Å². The van der Waals surface area contributed by atoms with Crippen molar-refractivity contribution in [1.29, 1.82) is 0 Å². The Morgan fingerprint density at radius 2 is 1.80 bits per heavy atom. The summed E-state index contributed by atoms with van der Waals surface area (Å²) in [5.41, 5.74) is 4.59. The van der Waals surface area contributed by atoms with Gasteiger partial charge in [-0.15, -0.1) is 0 Å². The maximum atomic E-state index is 6.18. The second-order valence-corrected chi connectivity index (χ2v) is 11.4. The van der Waals surface area contributed by atoms with Gasteiger partial charge in [0.2, 0.25) is 0 Å². The van der Waals surface area contributed by atoms with Crippen LogP contribution in [0.2, 0.25) is 0 Å². The SMILES string of the molecule is Cc1ccc(N=Cc2ccc(N(C)C)cc2)[c]([Hg][Cl])c1. The first-order valence-corrected chi connectivity index (χ1v) is 16.1. The molecule has 0 spiro atoms.